The highest BCUT2D eigenvalue weighted by Crippen LogP contribution is 2.25. The number of aryl methyl sites for hydroxylation is 2. The van der Waals surface area contributed by atoms with Crippen molar-refractivity contribution in [2.45, 2.75) is 45.3 Å². The van der Waals surface area contributed by atoms with Crippen molar-refractivity contribution in [2.75, 3.05) is 26.2 Å². The van der Waals surface area contributed by atoms with Crippen LogP contribution < -0.4 is 0 Å². The highest BCUT2D eigenvalue weighted by molar-refractivity contribution is 7.89. The molecule has 0 spiro atoms. The van der Waals surface area contributed by atoms with Crippen molar-refractivity contribution in [2.24, 2.45) is 0 Å². The number of aromatic nitrogens is 3. The molecule has 172 valence electrons. The molecule has 1 aliphatic heterocycles. The fourth-order valence-corrected chi connectivity index (χ4v) is 6.39. The van der Waals surface area contributed by atoms with Gasteiger partial charge in [-0.25, -0.2) is 8.42 Å². The van der Waals surface area contributed by atoms with Crippen molar-refractivity contribution in [1.82, 2.24) is 23.5 Å². The second-order valence-electron chi connectivity index (χ2n) is 8.05. The lowest BCUT2D eigenvalue weighted by atomic mass is 10.2. The molecule has 2 aromatic heterocycles. The van der Waals surface area contributed by atoms with Crippen molar-refractivity contribution in [3.05, 3.63) is 52.8 Å². The molecule has 8 nitrogen and oxygen atoms in total. The molecule has 0 amide bonds. The zero-order valence-electron chi connectivity index (χ0n) is 18.7. The molecule has 0 aliphatic carbocycles. The summed E-state index contributed by atoms with van der Waals surface area (Å²) in [4.78, 5) is 2.45. The SMILES string of the molecule is CCn1c(-c2ccccc2)cn(CN2CCCN(S(=O)(=O)c3c(C)noc3C)CC2)c1=S. The maximum Gasteiger partial charge on any atom is 0.248 e. The minimum atomic E-state index is -3.63. The second-order valence-corrected chi connectivity index (χ2v) is 10.3. The quantitative estimate of drug-likeness (QED) is 0.507. The molecular formula is C22H29N5O3S2. The zero-order valence-corrected chi connectivity index (χ0v) is 20.3. The van der Waals surface area contributed by atoms with Crippen LogP contribution in [0.2, 0.25) is 0 Å². The zero-order chi connectivity index (χ0) is 22.9. The van der Waals surface area contributed by atoms with Crippen LogP contribution in [0.4, 0.5) is 0 Å². The number of imidazole rings is 1. The van der Waals surface area contributed by atoms with E-state index in [0.29, 0.717) is 37.8 Å². The van der Waals surface area contributed by atoms with E-state index < -0.39 is 10.0 Å². The fourth-order valence-electron chi connectivity index (χ4n) is 4.29. The molecule has 3 heterocycles. The molecule has 0 unspecified atom stereocenters. The van der Waals surface area contributed by atoms with Gasteiger partial charge in [0.1, 0.15) is 10.6 Å². The van der Waals surface area contributed by atoms with Crippen LogP contribution in [0.15, 0.2) is 45.9 Å². The van der Waals surface area contributed by atoms with Crippen molar-refractivity contribution in [1.29, 1.82) is 0 Å². The number of hydrogen-bond donors (Lipinski definition) is 0. The van der Waals surface area contributed by atoms with Gasteiger partial charge >= 0.3 is 0 Å². The Hall–Kier alpha value is -2.27. The average Bonchev–Trinajstić information content (AvgIpc) is 3.16. The summed E-state index contributed by atoms with van der Waals surface area (Å²) in [5, 5.41) is 3.82. The fraction of sp³-hybridized carbons (Fsp3) is 0.455. The Morgan fingerprint density at radius 2 is 1.84 bits per heavy atom. The summed E-state index contributed by atoms with van der Waals surface area (Å²) in [6.45, 7) is 9.13. The lowest BCUT2D eigenvalue weighted by Gasteiger charge is -2.22. The third-order valence-electron chi connectivity index (χ3n) is 5.90. The predicted octanol–water partition coefficient (Wildman–Crippen LogP) is 3.66. The number of nitrogens with zero attached hydrogens (tertiary/aromatic N) is 5. The van der Waals surface area contributed by atoms with Gasteiger partial charge < -0.3 is 13.7 Å². The summed E-state index contributed by atoms with van der Waals surface area (Å²) >= 11 is 5.76. The molecule has 1 aliphatic rings. The van der Waals surface area contributed by atoms with Crippen LogP contribution in [-0.4, -0.2) is 58.1 Å². The van der Waals surface area contributed by atoms with Gasteiger partial charge in [0, 0.05) is 38.9 Å². The van der Waals surface area contributed by atoms with Crippen molar-refractivity contribution < 1.29 is 12.9 Å². The van der Waals surface area contributed by atoms with E-state index in [4.69, 9.17) is 16.7 Å². The monoisotopic (exact) mass is 475 g/mol. The summed E-state index contributed by atoms with van der Waals surface area (Å²) in [6, 6.07) is 10.2. The smallest absolute Gasteiger partial charge is 0.248 e. The van der Waals surface area contributed by atoms with E-state index in [2.05, 4.69) is 44.4 Å². The summed E-state index contributed by atoms with van der Waals surface area (Å²) < 4.78 is 38.0. The number of rotatable bonds is 6. The second kappa shape index (κ2) is 9.30. The lowest BCUT2D eigenvalue weighted by Crippen LogP contribution is -2.36. The Bertz CT molecular complexity index is 1220. The van der Waals surface area contributed by atoms with Crippen molar-refractivity contribution >= 4 is 22.2 Å². The van der Waals surface area contributed by atoms with Crippen LogP contribution in [0, 0.1) is 18.6 Å². The van der Waals surface area contributed by atoms with Crippen LogP contribution in [0.5, 0.6) is 0 Å². The van der Waals surface area contributed by atoms with Crippen LogP contribution in [0.3, 0.4) is 0 Å². The van der Waals surface area contributed by atoms with Gasteiger partial charge in [-0.1, -0.05) is 35.5 Å². The minimum Gasteiger partial charge on any atom is -0.360 e. The van der Waals surface area contributed by atoms with E-state index in [1.165, 1.54) is 0 Å². The van der Waals surface area contributed by atoms with Crippen molar-refractivity contribution in [3.63, 3.8) is 0 Å². The molecule has 1 aromatic carbocycles. The summed E-state index contributed by atoms with van der Waals surface area (Å²) in [7, 11) is -3.63. The summed E-state index contributed by atoms with van der Waals surface area (Å²) in [5.41, 5.74) is 2.63. The first-order valence-corrected chi connectivity index (χ1v) is 12.7. The van der Waals surface area contributed by atoms with Gasteiger partial charge in [-0.05, 0) is 45.0 Å². The van der Waals surface area contributed by atoms with E-state index in [9.17, 15) is 8.42 Å². The molecular weight excluding hydrogens is 446 g/mol. The molecule has 4 rings (SSSR count). The number of hydrogen-bond acceptors (Lipinski definition) is 6. The Morgan fingerprint density at radius 1 is 1.09 bits per heavy atom. The topological polar surface area (TPSA) is 76.5 Å². The van der Waals surface area contributed by atoms with Gasteiger partial charge in [-0.2, -0.15) is 4.31 Å². The highest BCUT2D eigenvalue weighted by Gasteiger charge is 2.32. The molecule has 0 radical (unpaired) electrons. The van der Waals surface area contributed by atoms with Crippen LogP contribution in [0.1, 0.15) is 24.8 Å². The van der Waals surface area contributed by atoms with Gasteiger partial charge in [-0.15, -0.1) is 0 Å². The molecule has 1 fully saturated rings. The third kappa shape index (κ3) is 4.32. The minimum absolute atomic E-state index is 0.195. The molecule has 1 saturated heterocycles. The maximum absolute atomic E-state index is 13.2. The van der Waals surface area contributed by atoms with E-state index >= 15 is 0 Å². The Morgan fingerprint density at radius 3 is 2.50 bits per heavy atom. The van der Waals surface area contributed by atoms with E-state index in [1.54, 1.807) is 18.2 Å². The van der Waals surface area contributed by atoms with E-state index in [-0.39, 0.29) is 4.90 Å². The van der Waals surface area contributed by atoms with Crippen molar-refractivity contribution in [3.8, 4) is 11.3 Å². The Balaban J connectivity index is 1.52. The van der Waals surface area contributed by atoms with Gasteiger partial charge in [0.25, 0.3) is 0 Å². The largest absolute Gasteiger partial charge is 0.360 e. The highest BCUT2D eigenvalue weighted by atomic mass is 32.2. The maximum atomic E-state index is 13.2. The molecule has 0 bridgehead atoms. The summed E-state index contributed by atoms with van der Waals surface area (Å²) in [5.74, 6) is 0.337. The molecule has 3 aromatic rings. The van der Waals surface area contributed by atoms with E-state index in [0.717, 1.165) is 35.5 Å². The molecule has 0 atom stereocenters. The standard InChI is InChI=1S/C22H29N5O3S2/c1-4-27-20(19-9-6-5-7-10-19)15-25(22(27)31)16-24-11-8-12-26(14-13-24)32(28,29)21-17(2)23-30-18(21)3/h5-7,9-10,15H,4,8,11-14,16H2,1-3H3. The Labute approximate surface area is 194 Å². The normalized spacial score (nSPS) is 16.3. The third-order valence-corrected chi connectivity index (χ3v) is 8.50. The molecule has 10 heteroatoms. The van der Waals surface area contributed by atoms with Gasteiger partial charge in [-0.3, -0.25) is 4.90 Å². The number of benzene rings is 1. The average molecular weight is 476 g/mol. The first-order chi connectivity index (χ1) is 15.3. The van der Waals surface area contributed by atoms with Gasteiger partial charge in [0.15, 0.2) is 10.5 Å². The van der Waals surface area contributed by atoms with Crippen LogP contribution in [0.25, 0.3) is 11.3 Å². The first-order valence-electron chi connectivity index (χ1n) is 10.8. The first kappa shape index (κ1) is 22.9. The molecule has 0 saturated carbocycles. The van der Waals surface area contributed by atoms with Crippen LogP contribution >= 0.6 is 12.2 Å². The van der Waals surface area contributed by atoms with E-state index in [1.807, 2.05) is 18.2 Å². The lowest BCUT2D eigenvalue weighted by molar-refractivity contribution is 0.227. The van der Waals surface area contributed by atoms with Gasteiger partial charge in [0.2, 0.25) is 10.0 Å². The summed E-state index contributed by atoms with van der Waals surface area (Å²) in [6.07, 6.45) is 2.85. The predicted molar refractivity (Wildman–Crippen MR) is 125 cm³/mol. The van der Waals surface area contributed by atoms with Gasteiger partial charge in [0.05, 0.1) is 12.4 Å². The Kier molecular flexibility index (Phi) is 6.66. The molecule has 0 N–H and O–H groups in total. The van der Waals surface area contributed by atoms with Crippen LogP contribution in [-0.2, 0) is 23.2 Å². The number of sulfonamides is 1. The molecule has 32 heavy (non-hydrogen) atoms.